The van der Waals surface area contributed by atoms with Gasteiger partial charge in [0.25, 0.3) is 0 Å². The molecule has 0 bridgehead atoms. The number of benzene rings is 1. The van der Waals surface area contributed by atoms with Crippen LogP contribution >= 0.6 is 11.8 Å². The van der Waals surface area contributed by atoms with E-state index < -0.39 is 0 Å². The van der Waals surface area contributed by atoms with Crippen LogP contribution in [-0.2, 0) is 12.3 Å². The lowest BCUT2D eigenvalue weighted by molar-refractivity contribution is 0.603. The molecule has 2 heterocycles. The average molecular weight is 318 g/mol. The monoisotopic (exact) mass is 318 g/mol. The third-order valence-electron chi connectivity index (χ3n) is 3.12. The Bertz CT molecular complexity index is 740. The molecule has 8 heteroatoms. The molecule has 0 aliphatic carbocycles. The van der Waals surface area contributed by atoms with E-state index in [-0.39, 0.29) is 5.82 Å². The maximum Gasteiger partial charge on any atom is 0.166 e. The fourth-order valence-corrected chi connectivity index (χ4v) is 2.85. The molecule has 0 amide bonds. The molecule has 1 aromatic carbocycles. The van der Waals surface area contributed by atoms with Crippen molar-refractivity contribution in [2.24, 2.45) is 0 Å². The zero-order valence-corrected chi connectivity index (χ0v) is 12.9. The number of hydrogen-bond donors (Lipinski definition) is 0. The Hall–Kier alpha value is -2.22. The summed E-state index contributed by atoms with van der Waals surface area (Å²) in [5.74, 6) is 1.79. The zero-order chi connectivity index (χ0) is 15.4. The van der Waals surface area contributed by atoms with Crippen molar-refractivity contribution in [3.63, 3.8) is 0 Å². The lowest BCUT2D eigenvalue weighted by atomic mass is 10.2. The number of aromatic nitrogens is 6. The normalized spacial score (nSPS) is 11.0. The second-order valence-corrected chi connectivity index (χ2v) is 5.89. The van der Waals surface area contributed by atoms with Crippen molar-refractivity contribution in [1.82, 2.24) is 30.0 Å². The minimum Gasteiger partial charge on any atom is -0.272 e. The summed E-state index contributed by atoms with van der Waals surface area (Å²) in [6.07, 6.45) is 3.68. The van der Waals surface area contributed by atoms with Gasteiger partial charge in [0.15, 0.2) is 5.82 Å². The lowest BCUT2D eigenvalue weighted by Crippen LogP contribution is -2.06. The van der Waals surface area contributed by atoms with Crippen molar-refractivity contribution in [2.75, 3.05) is 5.75 Å². The molecule has 114 valence electrons. The first-order chi connectivity index (χ1) is 10.7. The fraction of sp³-hybridized carbons (Fsp3) is 0.286. The Labute approximate surface area is 131 Å². The lowest BCUT2D eigenvalue weighted by Gasteiger charge is -2.07. The zero-order valence-electron chi connectivity index (χ0n) is 12.1. The van der Waals surface area contributed by atoms with Crippen molar-refractivity contribution in [3.8, 4) is 5.69 Å². The quantitative estimate of drug-likeness (QED) is 0.652. The van der Waals surface area contributed by atoms with Crippen molar-refractivity contribution in [3.05, 3.63) is 53.9 Å². The number of rotatable bonds is 6. The number of halogens is 1. The van der Waals surface area contributed by atoms with Crippen LogP contribution in [0.5, 0.6) is 0 Å². The van der Waals surface area contributed by atoms with Gasteiger partial charge in [-0.3, -0.25) is 4.68 Å². The molecule has 0 saturated heterocycles. The van der Waals surface area contributed by atoms with Crippen LogP contribution in [-0.4, -0.2) is 35.7 Å². The second kappa shape index (κ2) is 6.69. The predicted octanol–water partition coefficient (Wildman–Crippen LogP) is 2.24. The van der Waals surface area contributed by atoms with Gasteiger partial charge in [0.05, 0.1) is 5.75 Å². The van der Waals surface area contributed by atoms with E-state index in [9.17, 15) is 4.39 Å². The molecular formula is C14H15FN6S. The Morgan fingerprint density at radius 2 is 2.23 bits per heavy atom. The minimum atomic E-state index is -0.333. The predicted molar refractivity (Wildman–Crippen MR) is 82.2 cm³/mol. The number of aryl methyl sites for hydroxylation is 2. The molecule has 2 aromatic heterocycles. The van der Waals surface area contributed by atoms with Gasteiger partial charge in [-0.1, -0.05) is 6.07 Å². The van der Waals surface area contributed by atoms with Gasteiger partial charge in [0.1, 0.15) is 11.5 Å². The molecule has 0 saturated carbocycles. The summed E-state index contributed by atoms with van der Waals surface area (Å²) in [4.78, 5) is 0. The SMILES string of the molecule is Cc1ccc(F)c(-n2nnnc2CSCCn2cccn2)c1. The van der Waals surface area contributed by atoms with E-state index in [0.29, 0.717) is 17.3 Å². The molecule has 0 aliphatic rings. The first-order valence-electron chi connectivity index (χ1n) is 6.83. The molecule has 0 radical (unpaired) electrons. The van der Waals surface area contributed by atoms with Crippen LogP contribution < -0.4 is 0 Å². The highest BCUT2D eigenvalue weighted by atomic mass is 32.2. The topological polar surface area (TPSA) is 61.4 Å². The molecule has 0 unspecified atom stereocenters. The van der Waals surface area contributed by atoms with Crippen molar-refractivity contribution in [1.29, 1.82) is 0 Å². The highest BCUT2D eigenvalue weighted by Gasteiger charge is 2.12. The highest BCUT2D eigenvalue weighted by molar-refractivity contribution is 7.98. The van der Waals surface area contributed by atoms with Gasteiger partial charge in [0.2, 0.25) is 0 Å². The maximum absolute atomic E-state index is 14.0. The third kappa shape index (κ3) is 3.33. The Kier molecular flexibility index (Phi) is 4.47. The van der Waals surface area contributed by atoms with Crippen LogP contribution in [0.2, 0.25) is 0 Å². The van der Waals surface area contributed by atoms with Gasteiger partial charge in [-0.15, -0.1) is 5.10 Å². The summed E-state index contributed by atoms with van der Waals surface area (Å²) < 4.78 is 17.3. The summed E-state index contributed by atoms with van der Waals surface area (Å²) in [6.45, 7) is 2.73. The molecule has 6 nitrogen and oxygen atoms in total. The molecule has 0 fully saturated rings. The Morgan fingerprint density at radius 1 is 1.32 bits per heavy atom. The molecule has 22 heavy (non-hydrogen) atoms. The number of hydrogen-bond acceptors (Lipinski definition) is 5. The van der Waals surface area contributed by atoms with Crippen LogP contribution in [0, 0.1) is 12.7 Å². The summed E-state index contributed by atoms with van der Waals surface area (Å²) in [6, 6.07) is 6.79. The molecule has 0 aliphatic heterocycles. The molecule has 0 atom stereocenters. The van der Waals surface area contributed by atoms with E-state index >= 15 is 0 Å². The van der Waals surface area contributed by atoms with Crippen molar-refractivity contribution < 1.29 is 4.39 Å². The number of tetrazole rings is 1. The standard InChI is InChI=1S/C14H15FN6S/c1-11-3-4-12(15)13(9-11)21-14(17-18-19-21)10-22-8-7-20-6-2-5-16-20/h2-6,9H,7-8,10H2,1H3. The maximum atomic E-state index is 14.0. The van der Waals surface area contributed by atoms with E-state index in [1.54, 1.807) is 30.1 Å². The van der Waals surface area contributed by atoms with Gasteiger partial charge >= 0.3 is 0 Å². The molecule has 3 rings (SSSR count). The Balaban J connectivity index is 1.66. The highest BCUT2D eigenvalue weighted by Crippen LogP contribution is 2.18. The van der Waals surface area contributed by atoms with Crippen LogP contribution in [0.25, 0.3) is 5.69 Å². The molecular weight excluding hydrogens is 303 g/mol. The van der Waals surface area contributed by atoms with Crippen LogP contribution in [0.15, 0.2) is 36.7 Å². The van der Waals surface area contributed by atoms with Gasteiger partial charge in [-0.2, -0.15) is 21.5 Å². The first-order valence-corrected chi connectivity index (χ1v) is 7.98. The molecule has 3 aromatic rings. The van der Waals surface area contributed by atoms with Gasteiger partial charge < -0.3 is 0 Å². The third-order valence-corrected chi connectivity index (χ3v) is 4.05. The van der Waals surface area contributed by atoms with Crippen LogP contribution in [0.1, 0.15) is 11.4 Å². The van der Waals surface area contributed by atoms with Crippen molar-refractivity contribution in [2.45, 2.75) is 19.2 Å². The van der Waals surface area contributed by atoms with Gasteiger partial charge in [-0.05, 0) is 41.1 Å². The molecule has 0 spiro atoms. The number of thioether (sulfide) groups is 1. The summed E-state index contributed by atoms with van der Waals surface area (Å²) in [5.41, 5.74) is 1.34. The largest absolute Gasteiger partial charge is 0.272 e. The Morgan fingerprint density at radius 3 is 3.05 bits per heavy atom. The van der Waals surface area contributed by atoms with Crippen molar-refractivity contribution >= 4 is 11.8 Å². The summed E-state index contributed by atoms with van der Waals surface area (Å²) >= 11 is 1.68. The smallest absolute Gasteiger partial charge is 0.166 e. The van der Waals surface area contributed by atoms with E-state index in [1.165, 1.54) is 10.7 Å². The molecule has 0 N–H and O–H groups in total. The minimum absolute atomic E-state index is 0.333. The first kappa shape index (κ1) is 14.7. The van der Waals surface area contributed by atoms with E-state index in [0.717, 1.165) is 17.9 Å². The van der Waals surface area contributed by atoms with E-state index in [1.807, 2.05) is 23.9 Å². The fourth-order valence-electron chi connectivity index (χ4n) is 2.02. The summed E-state index contributed by atoms with van der Waals surface area (Å²) in [7, 11) is 0. The van der Waals surface area contributed by atoms with Crippen LogP contribution in [0.4, 0.5) is 4.39 Å². The van der Waals surface area contributed by atoms with Crippen LogP contribution in [0.3, 0.4) is 0 Å². The van der Waals surface area contributed by atoms with E-state index in [4.69, 9.17) is 0 Å². The van der Waals surface area contributed by atoms with Gasteiger partial charge in [0, 0.05) is 24.7 Å². The number of nitrogens with zero attached hydrogens (tertiary/aromatic N) is 6. The van der Waals surface area contributed by atoms with E-state index in [2.05, 4.69) is 20.6 Å². The van der Waals surface area contributed by atoms with Gasteiger partial charge in [-0.25, -0.2) is 4.39 Å². The summed E-state index contributed by atoms with van der Waals surface area (Å²) in [5, 5.41) is 15.7. The average Bonchev–Trinajstić information content (AvgIpc) is 3.17. The second-order valence-electron chi connectivity index (χ2n) is 4.78.